The number of alkyl carbamates (subject to hydrolysis) is 2. The third kappa shape index (κ3) is 16.0. The van der Waals surface area contributed by atoms with Gasteiger partial charge in [0.1, 0.15) is 37.5 Å². The van der Waals surface area contributed by atoms with Crippen LogP contribution in [-0.4, -0.2) is 86.8 Å². The van der Waals surface area contributed by atoms with Gasteiger partial charge in [0, 0.05) is 30.7 Å². The summed E-state index contributed by atoms with van der Waals surface area (Å²) in [6, 6.07) is 0. The van der Waals surface area contributed by atoms with E-state index in [1.54, 1.807) is 0 Å². The Morgan fingerprint density at radius 3 is 1.03 bits per heavy atom. The molecule has 0 aromatic heterocycles. The summed E-state index contributed by atoms with van der Waals surface area (Å²) in [6.45, 7) is 14.2. The van der Waals surface area contributed by atoms with E-state index in [1.807, 2.05) is 0 Å². The van der Waals surface area contributed by atoms with Gasteiger partial charge in [0.15, 0.2) is 0 Å². The molecule has 0 saturated carbocycles. The average molecular weight is 555 g/mol. The van der Waals surface area contributed by atoms with E-state index in [-0.39, 0.29) is 46.1 Å². The molecule has 0 aromatic carbocycles. The highest BCUT2D eigenvalue weighted by Gasteiger charge is 2.32. The van der Waals surface area contributed by atoms with Crippen molar-refractivity contribution in [1.29, 1.82) is 0 Å². The van der Waals surface area contributed by atoms with Gasteiger partial charge in [0.05, 0.1) is 13.2 Å². The Kier molecular flexibility index (Phi) is 15.7. The number of hydrogen-bond acceptors (Lipinski definition) is 12. The lowest BCUT2D eigenvalue weighted by molar-refractivity contribution is -0.146. The fraction of sp³-hybridized carbons (Fsp3) is 0.440. The monoisotopic (exact) mass is 554 g/mol. The SMILES string of the molecule is C=CC(=O)OCC(C)(COC(=O)C=C)NC(=O)OCCCOC(=O)NC(C)(COC(=O)C=C)COC(=O)C=C. The zero-order valence-electron chi connectivity index (χ0n) is 22.0. The van der Waals surface area contributed by atoms with E-state index < -0.39 is 47.1 Å². The number of nitrogens with one attached hydrogen (secondary N) is 2. The Labute approximate surface area is 225 Å². The molecule has 216 valence electrons. The quantitative estimate of drug-likeness (QED) is 0.107. The molecule has 0 aliphatic rings. The Hall–Kier alpha value is -4.62. The van der Waals surface area contributed by atoms with Crippen molar-refractivity contribution < 1.29 is 57.2 Å². The Morgan fingerprint density at radius 2 is 0.795 bits per heavy atom. The first kappa shape index (κ1) is 34.4. The normalized spacial score (nSPS) is 10.5. The minimum atomic E-state index is -1.33. The summed E-state index contributed by atoms with van der Waals surface area (Å²) in [5.41, 5.74) is -2.67. The van der Waals surface area contributed by atoms with Crippen LogP contribution in [0.2, 0.25) is 0 Å². The Balaban J connectivity index is 4.75. The third-order valence-corrected chi connectivity index (χ3v) is 4.36. The molecule has 0 bridgehead atoms. The van der Waals surface area contributed by atoms with Gasteiger partial charge in [0.2, 0.25) is 0 Å². The first-order valence-corrected chi connectivity index (χ1v) is 11.4. The predicted molar refractivity (Wildman–Crippen MR) is 135 cm³/mol. The Morgan fingerprint density at radius 1 is 0.538 bits per heavy atom. The number of carbonyl (C=O) groups is 6. The molecule has 0 aromatic rings. The van der Waals surface area contributed by atoms with Crippen molar-refractivity contribution in [1.82, 2.24) is 10.6 Å². The highest BCUT2D eigenvalue weighted by molar-refractivity contribution is 5.82. The van der Waals surface area contributed by atoms with Gasteiger partial charge in [-0.2, -0.15) is 0 Å². The second kappa shape index (κ2) is 17.8. The van der Waals surface area contributed by atoms with Crippen LogP contribution >= 0.6 is 0 Å². The van der Waals surface area contributed by atoms with Gasteiger partial charge in [-0.05, 0) is 13.8 Å². The van der Waals surface area contributed by atoms with Crippen LogP contribution in [0, 0.1) is 0 Å². The van der Waals surface area contributed by atoms with Crippen molar-refractivity contribution in [3.8, 4) is 0 Å². The first-order valence-electron chi connectivity index (χ1n) is 11.4. The van der Waals surface area contributed by atoms with Crippen LogP contribution in [-0.2, 0) is 47.6 Å². The maximum Gasteiger partial charge on any atom is 0.407 e. The number of hydrogen-bond donors (Lipinski definition) is 2. The molecule has 0 aliphatic carbocycles. The zero-order chi connectivity index (χ0) is 29.9. The molecule has 2 amide bonds. The van der Waals surface area contributed by atoms with Crippen molar-refractivity contribution >= 4 is 36.1 Å². The van der Waals surface area contributed by atoms with Crippen molar-refractivity contribution in [2.75, 3.05) is 39.6 Å². The topological polar surface area (TPSA) is 182 Å². The second-order valence-corrected chi connectivity index (χ2v) is 8.24. The van der Waals surface area contributed by atoms with Gasteiger partial charge in [0.25, 0.3) is 0 Å². The molecule has 39 heavy (non-hydrogen) atoms. The molecule has 0 atom stereocenters. The summed E-state index contributed by atoms with van der Waals surface area (Å²) in [5, 5.41) is 4.88. The van der Waals surface area contributed by atoms with E-state index in [1.165, 1.54) is 13.8 Å². The van der Waals surface area contributed by atoms with Gasteiger partial charge >= 0.3 is 36.1 Å². The van der Waals surface area contributed by atoms with E-state index >= 15 is 0 Å². The van der Waals surface area contributed by atoms with E-state index in [0.717, 1.165) is 24.3 Å². The molecular formula is C25H34N2O12. The van der Waals surface area contributed by atoms with Crippen LogP contribution in [0.3, 0.4) is 0 Å². The third-order valence-electron chi connectivity index (χ3n) is 4.36. The standard InChI is InChI=1S/C25H34N2O12/c1-7-18(28)36-14-24(5,15-37-19(29)8-2)26-22(32)34-12-11-13-35-23(33)27-25(6,16-38-20(30)9-3)17-39-21(31)10-4/h7-10H,1-4,11-17H2,5-6H3,(H,26,32)(H,27,33). The molecule has 0 unspecified atom stereocenters. The van der Waals surface area contributed by atoms with Crippen LogP contribution < -0.4 is 10.6 Å². The molecule has 2 N–H and O–H groups in total. The number of ether oxygens (including phenoxy) is 6. The molecule has 14 heteroatoms. The lowest BCUT2D eigenvalue weighted by Crippen LogP contribution is -2.54. The maximum absolute atomic E-state index is 12.2. The summed E-state index contributed by atoms with van der Waals surface area (Å²) in [7, 11) is 0. The zero-order valence-corrected chi connectivity index (χ0v) is 22.0. The lowest BCUT2D eigenvalue weighted by atomic mass is 10.1. The minimum absolute atomic E-state index is 0.0854. The fourth-order valence-corrected chi connectivity index (χ4v) is 2.34. The predicted octanol–water partition coefficient (Wildman–Crippen LogP) is 1.26. The summed E-state index contributed by atoms with van der Waals surface area (Å²) in [6.07, 6.45) is 1.94. The molecule has 0 radical (unpaired) electrons. The highest BCUT2D eigenvalue weighted by atomic mass is 16.6. The smallest absolute Gasteiger partial charge is 0.407 e. The van der Waals surface area contributed by atoms with Gasteiger partial charge in [-0.15, -0.1) is 0 Å². The largest absolute Gasteiger partial charge is 0.460 e. The number of rotatable bonds is 18. The number of amides is 2. The molecule has 0 spiro atoms. The van der Waals surface area contributed by atoms with Crippen LogP contribution in [0.4, 0.5) is 9.59 Å². The van der Waals surface area contributed by atoms with Crippen molar-refractivity contribution in [3.63, 3.8) is 0 Å². The molecule has 0 rings (SSSR count). The van der Waals surface area contributed by atoms with Crippen molar-refractivity contribution in [2.45, 2.75) is 31.3 Å². The fourth-order valence-electron chi connectivity index (χ4n) is 2.34. The van der Waals surface area contributed by atoms with Gasteiger partial charge in [-0.25, -0.2) is 28.8 Å². The first-order chi connectivity index (χ1) is 18.3. The van der Waals surface area contributed by atoms with E-state index in [9.17, 15) is 28.8 Å². The summed E-state index contributed by atoms with van der Waals surface area (Å²) in [5.74, 6) is -3.02. The molecule has 0 aliphatic heterocycles. The van der Waals surface area contributed by atoms with E-state index in [2.05, 4.69) is 36.9 Å². The number of carbonyl (C=O) groups excluding carboxylic acids is 6. The average Bonchev–Trinajstić information content (AvgIpc) is 2.91. The van der Waals surface area contributed by atoms with Crippen LogP contribution in [0.25, 0.3) is 0 Å². The van der Waals surface area contributed by atoms with Crippen molar-refractivity contribution in [2.24, 2.45) is 0 Å². The molecule has 0 saturated heterocycles. The summed E-state index contributed by atoms with van der Waals surface area (Å²) in [4.78, 5) is 69.9. The molecule has 0 fully saturated rings. The highest BCUT2D eigenvalue weighted by Crippen LogP contribution is 2.09. The lowest BCUT2D eigenvalue weighted by Gasteiger charge is -2.29. The minimum Gasteiger partial charge on any atom is -0.460 e. The summed E-state index contributed by atoms with van der Waals surface area (Å²) < 4.78 is 29.8. The molecular weight excluding hydrogens is 520 g/mol. The van der Waals surface area contributed by atoms with E-state index in [0.29, 0.717) is 0 Å². The van der Waals surface area contributed by atoms with Gasteiger partial charge < -0.3 is 39.1 Å². The summed E-state index contributed by atoms with van der Waals surface area (Å²) >= 11 is 0. The van der Waals surface area contributed by atoms with Crippen molar-refractivity contribution in [3.05, 3.63) is 50.6 Å². The van der Waals surface area contributed by atoms with Crippen LogP contribution in [0.1, 0.15) is 20.3 Å². The number of esters is 4. The van der Waals surface area contributed by atoms with Gasteiger partial charge in [-0.3, -0.25) is 0 Å². The van der Waals surface area contributed by atoms with Crippen LogP contribution in [0.5, 0.6) is 0 Å². The molecule has 14 nitrogen and oxygen atoms in total. The Bertz CT molecular complexity index is 821. The van der Waals surface area contributed by atoms with Crippen LogP contribution in [0.15, 0.2) is 50.6 Å². The molecule has 0 heterocycles. The second-order valence-electron chi connectivity index (χ2n) is 8.24. The van der Waals surface area contributed by atoms with Gasteiger partial charge in [-0.1, -0.05) is 26.3 Å². The van der Waals surface area contributed by atoms with E-state index in [4.69, 9.17) is 28.4 Å². The maximum atomic E-state index is 12.2.